The standard InChI is InChI=1S/C39H51N3O5/c1-29-16-18-32(19-17-29)42(38(45)35-15-10-26-46-35)33-21-24-40(25-22-33)23-20-31-13-8-9-14-34(31)41(28-37(44)47-39(2,3)4)36(43)27-30-11-6-5-7-12-30/h8-10,13-19,26,30,33H,5-7,11-12,20-25,27-28H2,1-4H3. The van der Waals surface area contributed by atoms with Crippen molar-refractivity contribution in [1.29, 1.82) is 0 Å². The third-order valence-corrected chi connectivity index (χ3v) is 9.36. The molecule has 0 bridgehead atoms. The topological polar surface area (TPSA) is 83.3 Å². The van der Waals surface area contributed by atoms with E-state index in [1.54, 1.807) is 23.3 Å². The minimum Gasteiger partial charge on any atom is -0.459 e. The summed E-state index contributed by atoms with van der Waals surface area (Å²) in [4.78, 5) is 46.4. The van der Waals surface area contributed by atoms with Crippen LogP contribution in [0.15, 0.2) is 71.3 Å². The number of piperidine rings is 1. The van der Waals surface area contributed by atoms with Gasteiger partial charge in [0.2, 0.25) is 5.91 Å². The number of hydrogen-bond acceptors (Lipinski definition) is 6. The van der Waals surface area contributed by atoms with Crippen molar-refractivity contribution in [3.63, 3.8) is 0 Å². The summed E-state index contributed by atoms with van der Waals surface area (Å²) in [6.07, 6.45) is 10.1. The fourth-order valence-electron chi connectivity index (χ4n) is 6.94. The number of rotatable bonds is 11. The molecule has 2 fully saturated rings. The second-order valence-electron chi connectivity index (χ2n) is 14.2. The summed E-state index contributed by atoms with van der Waals surface area (Å²) in [5.74, 6) is 0.194. The summed E-state index contributed by atoms with van der Waals surface area (Å²) >= 11 is 0. The summed E-state index contributed by atoms with van der Waals surface area (Å²) in [5, 5.41) is 0. The van der Waals surface area contributed by atoms with Gasteiger partial charge in [-0.15, -0.1) is 0 Å². The molecule has 1 aliphatic carbocycles. The first kappa shape index (κ1) is 34.4. The van der Waals surface area contributed by atoms with E-state index in [-0.39, 0.29) is 24.4 Å². The molecule has 0 unspecified atom stereocenters. The Balaban J connectivity index is 1.26. The molecule has 1 aliphatic heterocycles. The highest BCUT2D eigenvalue weighted by Gasteiger charge is 2.32. The number of furan rings is 1. The maximum absolute atomic E-state index is 13.8. The molecule has 0 N–H and O–H groups in total. The van der Waals surface area contributed by atoms with Gasteiger partial charge in [-0.2, -0.15) is 0 Å². The lowest BCUT2D eigenvalue weighted by atomic mass is 9.86. The molecular weight excluding hydrogens is 590 g/mol. The normalized spacial score (nSPS) is 16.5. The van der Waals surface area contributed by atoms with Crippen LogP contribution in [0, 0.1) is 12.8 Å². The van der Waals surface area contributed by atoms with Gasteiger partial charge in [0.05, 0.1) is 6.26 Å². The Morgan fingerprint density at radius 3 is 2.26 bits per heavy atom. The van der Waals surface area contributed by atoms with Crippen molar-refractivity contribution in [2.45, 2.75) is 97.1 Å². The SMILES string of the molecule is Cc1ccc(N(C(=O)c2ccco2)C2CCN(CCc3ccccc3N(CC(=O)OC(C)(C)C)C(=O)CC3CCCCC3)CC2)cc1. The molecule has 1 saturated carbocycles. The van der Waals surface area contributed by atoms with Gasteiger partial charge in [-0.05, 0) is 102 Å². The number of ether oxygens (including phenoxy) is 1. The molecule has 0 atom stereocenters. The van der Waals surface area contributed by atoms with Crippen LogP contribution in [0.5, 0.6) is 0 Å². The molecule has 252 valence electrons. The van der Waals surface area contributed by atoms with Gasteiger partial charge in [0.15, 0.2) is 5.76 Å². The quantitative estimate of drug-likeness (QED) is 0.201. The van der Waals surface area contributed by atoms with Crippen molar-refractivity contribution >= 4 is 29.2 Å². The number of esters is 1. The molecule has 1 aromatic heterocycles. The van der Waals surface area contributed by atoms with E-state index in [4.69, 9.17) is 9.15 Å². The third-order valence-electron chi connectivity index (χ3n) is 9.36. The van der Waals surface area contributed by atoms with E-state index in [0.717, 1.165) is 87.1 Å². The summed E-state index contributed by atoms with van der Waals surface area (Å²) in [6.45, 7) is 10.0. The van der Waals surface area contributed by atoms with Crippen LogP contribution in [0.4, 0.5) is 11.4 Å². The maximum atomic E-state index is 13.8. The molecule has 5 rings (SSSR count). The highest BCUT2D eigenvalue weighted by atomic mass is 16.6. The van der Waals surface area contributed by atoms with Gasteiger partial charge in [0, 0.05) is 43.5 Å². The molecule has 8 nitrogen and oxygen atoms in total. The number of carbonyl (C=O) groups is 3. The highest BCUT2D eigenvalue weighted by molar-refractivity contribution is 6.04. The fourth-order valence-corrected chi connectivity index (χ4v) is 6.94. The lowest BCUT2D eigenvalue weighted by molar-refractivity contribution is -0.153. The predicted molar refractivity (Wildman–Crippen MR) is 186 cm³/mol. The highest BCUT2D eigenvalue weighted by Crippen LogP contribution is 2.30. The maximum Gasteiger partial charge on any atom is 0.326 e. The van der Waals surface area contributed by atoms with Crippen molar-refractivity contribution in [3.8, 4) is 0 Å². The molecular formula is C39H51N3O5. The molecule has 0 radical (unpaired) electrons. The average Bonchev–Trinajstić information content (AvgIpc) is 3.60. The molecule has 2 amide bonds. The zero-order valence-corrected chi connectivity index (χ0v) is 28.6. The van der Waals surface area contributed by atoms with Gasteiger partial charge in [-0.1, -0.05) is 55.2 Å². The lowest BCUT2D eigenvalue weighted by Crippen LogP contribution is -2.48. The smallest absolute Gasteiger partial charge is 0.326 e. The zero-order chi connectivity index (χ0) is 33.4. The summed E-state index contributed by atoms with van der Waals surface area (Å²) in [6, 6.07) is 19.6. The van der Waals surface area contributed by atoms with Crippen LogP contribution in [0.2, 0.25) is 0 Å². The molecule has 47 heavy (non-hydrogen) atoms. The number of hydrogen-bond donors (Lipinski definition) is 0. The van der Waals surface area contributed by atoms with Crippen molar-refractivity contribution in [3.05, 3.63) is 83.8 Å². The summed E-state index contributed by atoms with van der Waals surface area (Å²) < 4.78 is 11.2. The van der Waals surface area contributed by atoms with Crippen molar-refractivity contribution in [2.24, 2.45) is 5.92 Å². The van der Waals surface area contributed by atoms with Crippen LogP contribution in [0.25, 0.3) is 0 Å². The Morgan fingerprint density at radius 1 is 0.894 bits per heavy atom. The van der Waals surface area contributed by atoms with Crippen LogP contribution < -0.4 is 9.80 Å². The van der Waals surface area contributed by atoms with Gasteiger partial charge >= 0.3 is 5.97 Å². The first-order valence-electron chi connectivity index (χ1n) is 17.3. The van der Waals surface area contributed by atoms with Gasteiger partial charge in [-0.3, -0.25) is 14.4 Å². The molecule has 2 heterocycles. The minimum atomic E-state index is -0.627. The Labute approximate surface area is 280 Å². The third kappa shape index (κ3) is 9.57. The Bertz CT molecular complexity index is 1460. The Morgan fingerprint density at radius 2 is 1.60 bits per heavy atom. The number of anilines is 2. The molecule has 1 saturated heterocycles. The van der Waals surface area contributed by atoms with E-state index in [2.05, 4.69) is 11.0 Å². The monoisotopic (exact) mass is 641 g/mol. The summed E-state index contributed by atoms with van der Waals surface area (Å²) in [7, 11) is 0. The van der Waals surface area contributed by atoms with Crippen LogP contribution in [0.3, 0.4) is 0 Å². The van der Waals surface area contributed by atoms with Crippen LogP contribution in [-0.4, -0.2) is 60.5 Å². The molecule has 2 aromatic carbocycles. The van der Waals surface area contributed by atoms with E-state index in [1.165, 1.54) is 6.42 Å². The van der Waals surface area contributed by atoms with Gasteiger partial charge in [0.25, 0.3) is 5.91 Å². The lowest BCUT2D eigenvalue weighted by Gasteiger charge is -2.38. The van der Waals surface area contributed by atoms with Crippen molar-refractivity contribution in [2.75, 3.05) is 36.0 Å². The number of amides is 2. The number of para-hydroxylation sites is 1. The number of benzene rings is 2. The summed E-state index contributed by atoms with van der Waals surface area (Å²) in [5.41, 5.74) is 3.24. The first-order chi connectivity index (χ1) is 22.6. The predicted octanol–water partition coefficient (Wildman–Crippen LogP) is 7.59. The number of carbonyl (C=O) groups excluding carboxylic acids is 3. The Kier molecular flexibility index (Phi) is 11.6. The average molecular weight is 642 g/mol. The largest absolute Gasteiger partial charge is 0.459 e. The van der Waals surface area contributed by atoms with Crippen LogP contribution in [-0.2, 0) is 20.7 Å². The van der Waals surface area contributed by atoms with E-state index in [1.807, 2.05) is 75.1 Å². The van der Waals surface area contributed by atoms with E-state index >= 15 is 0 Å². The van der Waals surface area contributed by atoms with Gasteiger partial charge in [0.1, 0.15) is 12.1 Å². The van der Waals surface area contributed by atoms with Crippen molar-refractivity contribution < 1.29 is 23.5 Å². The van der Waals surface area contributed by atoms with Crippen molar-refractivity contribution in [1.82, 2.24) is 4.90 Å². The van der Waals surface area contributed by atoms with Gasteiger partial charge in [-0.25, -0.2) is 0 Å². The Hall–Kier alpha value is -3.91. The minimum absolute atomic E-state index is 0.00607. The molecule has 0 spiro atoms. The second-order valence-corrected chi connectivity index (χ2v) is 14.2. The first-order valence-corrected chi connectivity index (χ1v) is 17.3. The number of aryl methyl sites for hydroxylation is 1. The number of likely N-dealkylation sites (tertiary alicyclic amines) is 1. The van der Waals surface area contributed by atoms with E-state index < -0.39 is 11.6 Å². The van der Waals surface area contributed by atoms with Crippen LogP contribution >= 0.6 is 0 Å². The van der Waals surface area contributed by atoms with Gasteiger partial charge < -0.3 is 23.9 Å². The second kappa shape index (κ2) is 15.8. The zero-order valence-electron chi connectivity index (χ0n) is 28.6. The molecule has 2 aliphatic rings. The molecule has 8 heteroatoms. The van der Waals surface area contributed by atoms with E-state index in [9.17, 15) is 14.4 Å². The molecule has 3 aromatic rings. The number of nitrogens with zero attached hydrogens (tertiary/aromatic N) is 3. The fraction of sp³-hybridized carbons (Fsp3) is 0.513. The van der Waals surface area contributed by atoms with Crippen LogP contribution in [0.1, 0.15) is 93.8 Å². The van der Waals surface area contributed by atoms with E-state index in [0.29, 0.717) is 18.1 Å².